The van der Waals surface area contributed by atoms with Crippen LogP contribution in [-0.4, -0.2) is 22.0 Å². The third kappa shape index (κ3) is 4.64. The first kappa shape index (κ1) is 23.4. The summed E-state index contributed by atoms with van der Waals surface area (Å²) in [7, 11) is 0. The number of aromatic amines is 1. The summed E-state index contributed by atoms with van der Waals surface area (Å²) in [5, 5.41) is 0.878. The lowest BCUT2D eigenvalue weighted by molar-refractivity contribution is -0.118. The fraction of sp³-hybridized carbons (Fsp3) is 0.458. The van der Waals surface area contributed by atoms with E-state index in [0.29, 0.717) is 19.5 Å². The van der Waals surface area contributed by atoms with E-state index in [4.69, 9.17) is 10.2 Å². The van der Waals surface area contributed by atoms with Crippen LogP contribution in [0.1, 0.15) is 50.3 Å². The number of furan rings is 1. The molecule has 0 aliphatic carbocycles. The Labute approximate surface area is 187 Å². The van der Waals surface area contributed by atoms with Crippen molar-refractivity contribution in [3.05, 3.63) is 55.9 Å². The number of nitrogen functional groups attached to an aromatic ring is 1. The van der Waals surface area contributed by atoms with Gasteiger partial charge in [-0.3, -0.25) is 19.1 Å². The molecule has 1 aromatic carbocycles. The van der Waals surface area contributed by atoms with Crippen molar-refractivity contribution in [2.75, 3.05) is 17.2 Å². The summed E-state index contributed by atoms with van der Waals surface area (Å²) in [5.41, 5.74) is 8.78. The highest BCUT2D eigenvalue weighted by atomic mass is 16.3. The third-order valence-corrected chi connectivity index (χ3v) is 5.68. The van der Waals surface area contributed by atoms with Crippen LogP contribution in [0.3, 0.4) is 0 Å². The van der Waals surface area contributed by atoms with Gasteiger partial charge < -0.3 is 15.1 Å². The molecule has 8 heteroatoms. The Kier molecular flexibility index (Phi) is 6.91. The number of rotatable bonds is 8. The highest BCUT2D eigenvalue weighted by Crippen LogP contribution is 2.27. The van der Waals surface area contributed by atoms with Gasteiger partial charge >= 0.3 is 5.69 Å². The number of carbonyl (C=O) groups is 1. The Morgan fingerprint density at radius 1 is 1.22 bits per heavy atom. The van der Waals surface area contributed by atoms with Crippen molar-refractivity contribution in [2.24, 2.45) is 5.92 Å². The second kappa shape index (κ2) is 9.46. The molecule has 172 valence electrons. The van der Waals surface area contributed by atoms with Crippen molar-refractivity contribution in [3.63, 3.8) is 0 Å². The molecule has 0 aliphatic heterocycles. The molecule has 0 atom stereocenters. The van der Waals surface area contributed by atoms with Gasteiger partial charge in [0.1, 0.15) is 11.4 Å². The number of nitrogens with zero attached hydrogens (tertiary/aromatic N) is 2. The largest absolute Gasteiger partial charge is 0.464 e. The summed E-state index contributed by atoms with van der Waals surface area (Å²) in [6.07, 6.45) is 3.17. The van der Waals surface area contributed by atoms with Crippen LogP contribution in [0.25, 0.3) is 11.0 Å². The lowest BCUT2D eigenvalue weighted by atomic mass is 10.0. The number of anilines is 2. The number of carbonyl (C=O) groups excluding carboxylic acids is 1. The minimum atomic E-state index is -0.652. The molecule has 3 aromatic rings. The minimum Gasteiger partial charge on any atom is -0.464 e. The van der Waals surface area contributed by atoms with Gasteiger partial charge in [-0.05, 0) is 49.4 Å². The van der Waals surface area contributed by atoms with Crippen LogP contribution in [0.4, 0.5) is 11.5 Å². The molecular formula is C24H32N4O4. The Morgan fingerprint density at radius 2 is 1.91 bits per heavy atom. The van der Waals surface area contributed by atoms with Crippen LogP contribution >= 0.6 is 0 Å². The summed E-state index contributed by atoms with van der Waals surface area (Å²) in [6, 6.07) is 3.97. The lowest BCUT2D eigenvalue weighted by Gasteiger charge is -2.25. The zero-order chi connectivity index (χ0) is 23.6. The fourth-order valence-electron chi connectivity index (χ4n) is 3.79. The number of hydrogen-bond donors (Lipinski definition) is 2. The van der Waals surface area contributed by atoms with Gasteiger partial charge in [0.05, 0.1) is 12.7 Å². The molecule has 8 nitrogen and oxygen atoms in total. The molecule has 0 bridgehead atoms. The molecule has 32 heavy (non-hydrogen) atoms. The van der Waals surface area contributed by atoms with Crippen LogP contribution in [0.15, 0.2) is 32.4 Å². The molecule has 0 saturated carbocycles. The molecule has 0 aliphatic rings. The van der Waals surface area contributed by atoms with Crippen LogP contribution in [0.5, 0.6) is 0 Å². The second-order valence-electron chi connectivity index (χ2n) is 8.77. The number of nitrogens with two attached hydrogens (primary N) is 1. The Hall–Kier alpha value is -3.29. The predicted molar refractivity (Wildman–Crippen MR) is 127 cm³/mol. The number of amides is 1. The number of H-pyrrole nitrogens is 1. The first-order valence-corrected chi connectivity index (χ1v) is 11.0. The molecule has 2 heterocycles. The van der Waals surface area contributed by atoms with Crippen molar-refractivity contribution < 1.29 is 9.21 Å². The van der Waals surface area contributed by atoms with E-state index in [0.717, 1.165) is 34.1 Å². The summed E-state index contributed by atoms with van der Waals surface area (Å²) in [5.74, 6) is -0.121. The monoisotopic (exact) mass is 440 g/mol. The van der Waals surface area contributed by atoms with Crippen LogP contribution in [0, 0.1) is 19.8 Å². The molecule has 3 rings (SSSR count). The minimum absolute atomic E-state index is 0.0143. The quantitative estimate of drug-likeness (QED) is 0.556. The van der Waals surface area contributed by atoms with E-state index >= 15 is 0 Å². The van der Waals surface area contributed by atoms with Gasteiger partial charge in [0.25, 0.3) is 5.56 Å². The van der Waals surface area contributed by atoms with E-state index in [1.165, 1.54) is 9.47 Å². The molecule has 0 unspecified atom stereocenters. The number of aromatic nitrogens is 2. The van der Waals surface area contributed by atoms with Gasteiger partial charge in [0.2, 0.25) is 5.91 Å². The van der Waals surface area contributed by atoms with E-state index < -0.39 is 11.2 Å². The zero-order valence-electron chi connectivity index (χ0n) is 19.4. The number of benzene rings is 1. The first-order chi connectivity index (χ1) is 15.1. The van der Waals surface area contributed by atoms with E-state index in [-0.39, 0.29) is 29.8 Å². The van der Waals surface area contributed by atoms with Gasteiger partial charge in [-0.2, -0.15) is 0 Å². The fourth-order valence-corrected chi connectivity index (χ4v) is 3.79. The van der Waals surface area contributed by atoms with Gasteiger partial charge in [0.15, 0.2) is 5.69 Å². The van der Waals surface area contributed by atoms with Gasteiger partial charge in [0, 0.05) is 24.0 Å². The molecule has 0 radical (unpaired) electrons. The highest BCUT2D eigenvalue weighted by Gasteiger charge is 2.25. The summed E-state index contributed by atoms with van der Waals surface area (Å²) in [4.78, 5) is 42.2. The number of nitrogens with one attached hydrogen (secondary N) is 1. The van der Waals surface area contributed by atoms with Crippen LogP contribution < -0.4 is 21.9 Å². The maximum atomic E-state index is 13.4. The van der Waals surface area contributed by atoms with Crippen molar-refractivity contribution in [3.8, 4) is 0 Å². The number of unbranched alkanes of at least 4 members (excludes halogenated alkanes) is 1. The first-order valence-electron chi connectivity index (χ1n) is 11.0. The second-order valence-corrected chi connectivity index (χ2v) is 8.77. The number of hydrogen-bond acceptors (Lipinski definition) is 5. The zero-order valence-corrected chi connectivity index (χ0v) is 19.4. The molecule has 0 saturated heterocycles. The van der Waals surface area contributed by atoms with Crippen molar-refractivity contribution in [1.29, 1.82) is 0 Å². The molecule has 1 amide bonds. The van der Waals surface area contributed by atoms with Crippen molar-refractivity contribution in [1.82, 2.24) is 9.55 Å². The van der Waals surface area contributed by atoms with Gasteiger partial charge in [-0.15, -0.1) is 0 Å². The van der Waals surface area contributed by atoms with E-state index in [9.17, 15) is 14.4 Å². The number of aryl methyl sites for hydroxylation is 2. The standard InChI is InChI=1S/C24H32N4O4/c1-6-7-8-27(21-22(25)28(12-14(2)3)24(31)26-23(21)30)20(29)11-17-13-32-19-10-16(5)15(4)9-18(17)19/h9-10,13-14H,6-8,11-12,25H2,1-5H3,(H,26,30,31). The summed E-state index contributed by atoms with van der Waals surface area (Å²) >= 11 is 0. The maximum absolute atomic E-state index is 13.4. The maximum Gasteiger partial charge on any atom is 0.330 e. The SMILES string of the molecule is CCCCN(C(=O)Cc1coc2cc(C)c(C)cc12)c1c(N)n(CC(C)C)c(=O)[nH]c1=O. The van der Waals surface area contributed by atoms with E-state index in [1.807, 2.05) is 46.8 Å². The Balaban J connectivity index is 2.04. The van der Waals surface area contributed by atoms with Crippen molar-refractivity contribution in [2.45, 2.75) is 60.4 Å². The Bertz CT molecular complexity index is 1250. The topological polar surface area (TPSA) is 114 Å². The Morgan fingerprint density at radius 3 is 2.56 bits per heavy atom. The van der Waals surface area contributed by atoms with Gasteiger partial charge in [-0.1, -0.05) is 27.2 Å². The van der Waals surface area contributed by atoms with Gasteiger partial charge in [-0.25, -0.2) is 4.79 Å². The lowest BCUT2D eigenvalue weighted by Crippen LogP contribution is -2.42. The highest BCUT2D eigenvalue weighted by molar-refractivity contribution is 5.99. The van der Waals surface area contributed by atoms with E-state index in [2.05, 4.69) is 4.98 Å². The molecule has 2 aromatic heterocycles. The molecular weight excluding hydrogens is 408 g/mol. The smallest absolute Gasteiger partial charge is 0.330 e. The number of fused-ring (bicyclic) bond motifs is 1. The summed E-state index contributed by atoms with van der Waals surface area (Å²) < 4.78 is 7.00. The molecule has 0 fully saturated rings. The molecule has 0 spiro atoms. The van der Waals surface area contributed by atoms with Crippen LogP contribution in [0.2, 0.25) is 0 Å². The van der Waals surface area contributed by atoms with Crippen molar-refractivity contribution >= 4 is 28.4 Å². The summed E-state index contributed by atoms with van der Waals surface area (Å²) in [6.45, 7) is 10.6. The predicted octanol–water partition coefficient (Wildman–Crippen LogP) is 3.51. The average molecular weight is 441 g/mol. The average Bonchev–Trinajstić information content (AvgIpc) is 3.09. The van der Waals surface area contributed by atoms with E-state index in [1.54, 1.807) is 6.26 Å². The van der Waals surface area contributed by atoms with Crippen LogP contribution in [-0.2, 0) is 17.8 Å². The molecule has 3 N–H and O–H groups in total. The third-order valence-electron chi connectivity index (χ3n) is 5.68. The normalized spacial score (nSPS) is 11.4.